The van der Waals surface area contributed by atoms with Gasteiger partial charge in [-0.2, -0.15) is 0 Å². The molecule has 0 fully saturated rings. The number of nitrogens with one attached hydrogen (secondary N) is 1. The van der Waals surface area contributed by atoms with Crippen molar-refractivity contribution in [3.8, 4) is 0 Å². The molecule has 1 aromatic rings. The molecule has 1 amide bonds. The third-order valence-electron chi connectivity index (χ3n) is 4.38. The molecule has 0 saturated heterocycles. The summed E-state index contributed by atoms with van der Waals surface area (Å²) in [5.74, 6) is 1.26. The number of carbonyl (C=O) groups excluding carboxylic acids is 1. The van der Waals surface area contributed by atoms with E-state index in [4.69, 9.17) is 10.5 Å². The maximum Gasteiger partial charge on any atom is 0.235 e. The molecule has 2 aliphatic rings. The first-order valence-electron chi connectivity index (χ1n) is 8.33. The largest absolute Gasteiger partial charge is 0.490 e. The number of allylic oxidation sites excluding steroid dienone is 1. The van der Waals surface area contributed by atoms with Crippen molar-refractivity contribution in [3.63, 3.8) is 0 Å². The van der Waals surface area contributed by atoms with Crippen molar-refractivity contribution in [1.29, 1.82) is 0 Å². The van der Waals surface area contributed by atoms with Gasteiger partial charge in [0, 0.05) is 29.8 Å². The number of amides is 1. The van der Waals surface area contributed by atoms with Gasteiger partial charge >= 0.3 is 0 Å². The Morgan fingerprint density at radius 1 is 1.52 bits per heavy atom. The second kappa shape index (κ2) is 7.74. The van der Waals surface area contributed by atoms with Crippen LogP contribution in [-0.4, -0.2) is 31.7 Å². The summed E-state index contributed by atoms with van der Waals surface area (Å²) in [5, 5.41) is 13.3. The zero-order chi connectivity index (χ0) is 18.0. The van der Waals surface area contributed by atoms with E-state index >= 15 is 0 Å². The lowest BCUT2D eigenvalue weighted by atomic mass is 10.1. The Balaban J connectivity index is 1.59. The zero-order valence-electron chi connectivity index (χ0n) is 14.6. The number of nitrogens with two attached hydrogens (primary N) is 1. The number of carbonyl (C=O) groups is 1. The number of rotatable bonds is 6. The minimum atomic E-state index is -0.0848. The van der Waals surface area contributed by atoms with E-state index in [2.05, 4.69) is 29.4 Å². The average molecular weight is 382 g/mol. The van der Waals surface area contributed by atoms with E-state index in [-0.39, 0.29) is 23.7 Å². The molecule has 25 heavy (non-hydrogen) atoms. The van der Waals surface area contributed by atoms with E-state index in [0.717, 1.165) is 34.7 Å². The van der Waals surface area contributed by atoms with E-state index in [0.29, 0.717) is 5.25 Å². The summed E-state index contributed by atoms with van der Waals surface area (Å²) in [6.45, 7) is 6.95. The normalized spacial score (nSPS) is 25.5. The highest BCUT2D eigenvalue weighted by atomic mass is 32.2. The van der Waals surface area contributed by atoms with Crippen LogP contribution in [0.15, 0.2) is 28.2 Å². The SMILES string of the molecule is CCn1c(SCC(=O)NC2=C(N)C(C)C(C)S2)nnc1C1CC=CO1. The molecule has 0 aliphatic carbocycles. The Labute approximate surface area is 155 Å². The van der Waals surface area contributed by atoms with Crippen molar-refractivity contribution in [1.82, 2.24) is 20.1 Å². The van der Waals surface area contributed by atoms with Crippen molar-refractivity contribution < 1.29 is 9.53 Å². The molecule has 0 spiro atoms. The van der Waals surface area contributed by atoms with Gasteiger partial charge in [-0.3, -0.25) is 4.79 Å². The van der Waals surface area contributed by atoms with E-state index in [1.165, 1.54) is 11.8 Å². The van der Waals surface area contributed by atoms with Gasteiger partial charge in [0.1, 0.15) is 0 Å². The lowest BCUT2D eigenvalue weighted by molar-refractivity contribution is -0.117. The van der Waals surface area contributed by atoms with Crippen molar-refractivity contribution in [2.24, 2.45) is 11.7 Å². The van der Waals surface area contributed by atoms with Gasteiger partial charge in [-0.1, -0.05) is 25.6 Å². The van der Waals surface area contributed by atoms with Crippen LogP contribution in [0.25, 0.3) is 0 Å². The molecule has 3 heterocycles. The minimum Gasteiger partial charge on any atom is -0.490 e. The number of hydrogen-bond donors (Lipinski definition) is 2. The van der Waals surface area contributed by atoms with Crippen LogP contribution < -0.4 is 11.1 Å². The lowest BCUT2D eigenvalue weighted by Gasteiger charge is -2.12. The van der Waals surface area contributed by atoms with Gasteiger partial charge in [0.05, 0.1) is 17.0 Å². The summed E-state index contributed by atoms with van der Waals surface area (Å²) in [7, 11) is 0. The highest BCUT2D eigenvalue weighted by Crippen LogP contribution is 2.37. The highest BCUT2D eigenvalue weighted by molar-refractivity contribution is 8.04. The van der Waals surface area contributed by atoms with E-state index in [1.807, 2.05) is 17.6 Å². The summed E-state index contributed by atoms with van der Waals surface area (Å²) in [5.41, 5.74) is 6.84. The molecule has 1 aromatic heterocycles. The third-order valence-corrected chi connectivity index (χ3v) is 6.71. The molecule has 3 N–H and O–H groups in total. The van der Waals surface area contributed by atoms with Crippen LogP contribution in [0.3, 0.4) is 0 Å². The first-order chi connectivity index (χ1) is 12.0. The second-order valence-electron chi connectivity index (χ2n) is 6.05. The van der Waals surface area contributed by atoms with E-state index < -0.39 is 0 Å². The first-order valence-corrected chi connectivity index (χ1v) is 10.2. The van der Waals surface area contributed by atoms with Gasteiger partial charge in [-0.15, -0.1) is 22.0 Å². The molecule has 9 heteroatoms. The molecule has 3 rings (SSSR count). The topological polar surface area (TPSA) is 95.1 Å². The molecule has 7 nitrogen and oxygen atoms in total. The van der Waals surface area contributed by atoms with Gasteiger partial charge < -0.3 is 20.4 Å². The summed E-state index contributed by atoms with van der Waals surface area (Å²) in [4.78, 5) is 12.3. The van der Waals surface area contributed by atoms with Crippen LogP contribution in [0, 0.1) is 5.92 Å². The van der Waals surface area contributed by atoms with E-state index in [9.17, 15) is 4.79 Å². The van der Waals surface area contributed by atoms with Gasteiger partial charge in [-0.25, -0.2) is 0 Å². The fourth-order valence-electron chi connectivity index (χ4n) is 2.70. The first kappa shape index (κ1) is 18.2. The predicted octanol–water partition coefficient (Wildman–Crippen LogP) is 2.38. The molecular weight excluding hydrogens is 358 g/mol. The maximum atomic E-state index is 12.3. The Kier molecular flexibility index (Phi) is 5.63. The van der Waals surface area contributed by atoms with Gasteiger partial charge in [0.25, 0.3) is 0 Å². The van der Waals surface area contributed by atoms with Gasteiger partial charge in [0.15, 0.2) is 17.1 Å². The zero-order valence-corrected chi connectivity index (χ0v) is 16.2. The number of thioether (sulfide) groups is 2. The molecule has 0 bridgehead atoms. The van der Waals surface area contributed by atoms with Crippen LogP contribution in [-0.2, 0) is 16.1 Å². The van der Waals surface area contributed by atoms with Crippen molar-refractivity contribution in [2.75, 3.05) is 5.75 Å². The number of ether oxygens (including phenoxy) is 1. The fourth-order valence-corrected chi connectivity index (χ4v) is 4.73. The molecule has 3 atom stereocenters. The molecule has 3 unspecified atom stereocenters. The van der Waals surface area contributed by atoms with Crippen LogP contribution in [0.2, 0.25) is 0 Å². The van der Waals surface area contributed by atoms with Gasteiger partial charge in [0.2, 0.25) is 5.91 Å². The Hall–Kier alpha value is -1.61. The molecule has 136 valence electrons. The van der Waals surface area contributed by atoms with Crippen LogP contribution in [0.1, 0.15) is 39.1 Å². The summed E-state index contributed by atoms with van der Waals surface area (Å²) in [6.07, 6.45) is 4.38. The third kappa shape index (κ3) is 3.82. The number of aromatic nitrogens is 3. The maximum absolute atomic E-state index is 12.3. The van der Waals surface area contributed by atoms with Crippen LogP contribution in [0.4, 0.5) is 0 Å². The summed E-state index contributed by atoms with van der Waals surface area (Å²) < 4.78 is 7.52. The van der Waals surface area contributed by atoms with Crippen molar-refractivity contribution in [3.05, 3.63) is 28.9 Å². The molecule has 2 aliphatic heterocycles. The predicted molar refractivity (Wildman–Crippen MR) is 99.6 cm³/mol. The number of nitrogens with zero attached hydrogens (tertiary/aromatic N) is 3. The molecule has 0 radical (unpaired) electrons. The lowest BCUT2D eigenvalue weighted by Crippen LogP contribution is -2.25. The van der Waals surface area contributed by atoms with Crippen LogP contribution >= 0.6 is 23.5 Å². The smallest absolute Gasteiger partial charge is 0.235 e. The monoisotopic (exact) mass is 381 g/mol. The number of hydrogen-bond acceptors (Lipinski definition) is 7. The highest BCUT2D eigenvalue weighted by Gasteiger charge is 2.29. The minimum absolute atomic E-state index is 0.0808. The Bertz CT molecular complexity index is 707. The molecule has 0 aromatic carbocycles. The fraction of sp³-hybridized carbons (Fsp3) is 0.562. The van der Waals surface area contributed by atoms with Gasteiger partial charge in [-0.05, 0) is 13.0 Å². The second-order valence-corrected chi connectivity index (χ2v) is 8.38. The van der Waals surface area contributed by atoms with E-state index in [1.54, 1.807) is 18.0 Å². The standard InChI is InChI=1S/C16H23N5O2S2/c1-4-21-14(11-6-5-7-23-11)19-20-16(21)24-8-12(22)18-15-13(17)9(2)10(3)25-15/h5,7,9-11H,4,6,8,17H2,1-3H3,(H,18,22). The van der Waals surface area contributed by atoms with Crippen LogP contribution in [0.5, 0.6) is 0 Å². The average Bonchev–Trinajstić information content (AvgIpc) is 3.30. The van der Waals surface area contributed by atoms with Crippen molar-refractivity contribution >= 4 is 29.4 Å². The summed E-state index contributed by atoms with van der Waals surface area (Å²) >= 11 is 2.99. The Morgan fingerprint density at radius 2 is 2.32 bits per heavy atom. The summed E-state index contributed by atoms with van der Waals surface area (Å²) in [6, 6.07) is 0. The van der Waals surface area contributed by atoms with Crippen molar-refractivity contribution in [2.45, 2.75) is 50.2 Å². The quantitative estimate of drug-likeness (QED) is 0.731. The molecule has 0 saturated carbocycles. The Morgan fingerprint density at radius 3 is 2.92 bits per heavy atom. The molecular formula is C16H23N5O2S2.